The van der Waals surface area contributed by atoms with Crippen LogP contribution in [0.25, 0.3) is 0 Å². The van der Waals surface area contributed by atoms with Gasteiger partial charge in [-0.2, -0.15) is 0 Å². The summed E-state index contributed by atoms with van der Waals surface area (Å²) < 4.78 is 32.0. The summed E-state index contributed by atoms with van der Waals surface area (Å²) in [5.41, 5.74) is -1.88. The van der Waals surface area contributed by atoms with Gasteiger partial charge in [-0.1, -0.05) is 46.8 Å². The first kappa shape index (κ1) is 29.8. The second-order valence-electron chi connectivity index (χ2n) is 15.8. The number of methoxy groups -OCH3 is 1. The SMILES string of the molecule is COc1ccc(CO[C@H]2C(=O)[C@]3(C)[C@@H](O[Si](C)(C)C(C)(C)C)CC[C@@]4(CO4)[C@H]3[C@@H]3O[C@@H]3[C@]3(O)CCC2C3(C)C)cc1. The minimum absolute atomic E-state index is 0.00469. The summed E-state index contributed by atoms with van der Waals surface area (Å²) in [5.74, 6) is 0.534. The molecule has 5 fully saturated rings. The van der Waals surface area contributed by atoms with Crippen molar-refractivity contribution in [3.05, 3.63) is 29.8 Å². The van der Waals surface area contributed by atoms with Gasteiger partial charge in [-0.15, -0.1) is 0 Å². The standard InChI is InChI=1S/C33H50O7Si/c1-29(2,3)41(8,9)40-23-15-16-32(19-38-32)26-25-28(39-25)33(35)17-14-22(30(33,4)5)24(27(34)31(23,26)6)37-18-20-10-12-21(36-7)13-11-20/h10-13,22-26,28,35H,14-19H2,1-9H3/t22?,23-,24+,25-,26-,28-,31+,32+,33+/m0/s1. The highest BCUT2D eigenvalue weighted by atomic mass is 28.4. The summed E-state index contributed by atoms with van der Waals surface area (Å²) in [6.07, 6.45) is 1.44. The van der Waals surface area contributed by atoms with E-state index in [1.54, 1.807) is 7.11 Å². The van der Waals surface area contributed by atoms with Gasteiger partial charge in [0, 0.05) is 17.3 Å². The van der Waals surface area contributed by atoms with Crippen molar-refractivity contribution in [3.63, 3.8) is 0 Å². The normalized spacial score (nSPS) is 43.0. The number of Topliss-reactive ketones (excluding diaryl/α,β-unsaturated/α-hetero) is 1. The maximum absolute atomic E-state index is 15.3. The van der Waals surface area contributed by atoms with E-state index in [1.165, 1.54) is 0 Å². The zero-order valence-corrected chi connectivity index (χ0v) is 27.4. The number of epoxide rings is 2. The van der Waals surface area contributed by atoms with Crippen molar-refractivity contribution < 1.29 is 33.3 Å². The monoisotopic (exact) mass is 586 g/mol. The van der Waals surface area contributed by atoms with Crippen molar-refractivity contribution in [1.82, 2.24) is 0 Å². The smallest absolute Gasteiger partial charge is 0.192 e. The van der Waals surface area contributed by atoms with E-state index in [4.69, 9.17) is 23.4 Å². The van der Waals surface area contributed by atoms with Crippen LogP contribution >= 0.6 is 0 Å². The number of rotatable bonds is 6. The number of benzene rings is 1. The summed E-state index contributed by atoms with van der Waals surface area (Å²) in [4.78, 5) is 15.3. The van der Waals surface area contributed by atoms with Gasteiger partial charge >= 0.3 is 0 Å². The molecule has 8 heteroatoms. The zero-order chi connectivity index (χ0) is 29.8. The molecule has 7 nitrogen and oxygen atoms in total. The number of fused-ring (bicyclic) bond motifs is 7. The van der Waals surface area contributed by atoms with Crippen molar-refractivity contribution >= 4 is 14.1 Å². The van der Waals surface area contributed by atoms with Gasteiger partial charge in [0.25, 0.3) is 0 Å². The Labute approximate surface area is 246 Å². The number of carbonyl (C=O) groups excluding carboxylic acids is 1. The van der Waals surface area contributed by atoms with Crippen LogP contribution in [0.15, 0.2) is 24.3 Å². The van der Waals surface area contributed by atoms with Gasteiger partial charge < -0.3 is 28.5 Å². The molecule has 2 saturated heterocycles. The molecule has 41 heavy (non-hydrogen) atoms. The molecule has 5 aliphatic rings. The number of aliphatic hydroxyl groups is 1. The number of hydrogen-bond acceptors (Lipinski definition) is 7. The van der Waals surface area contributed by atoms with Crippen LogP contribution in [-0.2, 0) is 30.0 Å². The predicted octanol–water partition coefficient (Wildman–Crippen LogP) is 5.67. The molecule has 0 radical (unpaired) electrons. The van der Waals surface area contributed by atoms with E-state index >= 15 is 4.79 Å². The second-order valence-corrected chi connectivity index (χ2v) is 20.5. The largest absolute Gasteiger partial charge is 0.497 e. The van der Waals surface area contributed by atoms with Gasteiger partial charge in [-0.25, -0.2) is 0 Å². The molecular formula is C33H50O7Si. The fourth-order valence-electron chi connectivity index (χ4n) is 8.43. The van der Waals surface area contributed by atoms with Gasteiger partial charge in [-0.05, 0) is 68.4 Å². The van der Waals surface area contributed by atoms with E-state index in [9.17, 15) is 5.11 Å². The van der Waals surface area contributed by atoms with Crippen molar-refractivity contribution in [2.45, 2.75) is 128 Å². The van der Waals surface area contributed by atoms with Gasteiger partial charge in [-0.3, -0.25) is 4.79 Å². The topological polar surface area (TPSA) is 90.1 Å². The quantitative estimate of drug-likeness (QED) is 0.339. The van der Waals surface area contributed by atoms with Crippen molar-refractivity contribution in [2.24, 2.45) is 22.7 Å². The average molecular weight is 587 g/mol. The number of hydrogen-bond donors (Lipinski definition) is 1. The maximum Gasteiger partial charge on any atom is 0.192 e. The van der Waals surface area contributed by atoms with Gasteiger partial charge in [0.15, 0.2) is 14.1 Å². The minimum Gasteiger partial charge on any atom is -0.497 e. The average Bonchev–Trinajstić information content (AvgIpc) is 3.82. The number of carbonyl (C=O) groups is 1. The van der Waals surface area contributed by atoms with E-state index in [2.05, 4.69) is 54.6 Å². The molecule has 9 atom stereocenters. The molecular weight excluding hydrogens is 536 g/mol. The van der Waals surface area contributed by atoms with E-state index < -0.39 is 36.5 Å². The van der Waals surface area contributed by atoms with Crippen molar-refractivity contribution in [2.75, 3.05) is 13.7 Å². The maximum atomic E-state index is 15.3. The van der Waals surface area contributed by atoms with E-state index in [1.807, 2.05) is 24.3 Å². The molecule has 6 rings (SSSR count). The van der Waals surface area contributed by atoms with Gasteiger partial charge in [0.1, 0.15) is 18.0 Å². The minimum atomic E-state index is -2.22. The third-order valence-corrected chi connectivity index (χ3v) is 16.9. The van der Waals surface area contributed by atoms with Crippen LogP contribution in [0.3, 0.4) is 0 Å². The lowest BCUT2D eigenvalue weighted by atomic mass is 9.56. The van der Waals surface area contributed by atoms with E-state index in [0.717, 1.165) is 24.2 Å². The third kappa shape index (κ3) is 4.33. The molecule has 0 aromatic heterocycles. The van der Waals surface area contributed by atoms with Crippen LogP contribution in [0.5, 0.6) is 5.75 Å². The Bertz CT molecular complexity index is 1180. The van der Waals surface area contributed by atoms with Crippen molar-refractivity contribution in [1.29, 1.82) is 0 Å². The zero-order valence-electron chi connectivity index (χ0n) is 26.4. The van der Waals surface area contributed by atoms with E-state index in [-0.39, 0.29) is 41.0 Å². The fraction of sp³-hybridized carbons (Fsp3) is 0.788. The highest BCUT2D eigenvalue weighted by molar-refractivity contribution is 6.74. The highest BCUT2D eigenvalue weighted by Gasteiger charge is 2.78. The highest BCUT2D eigenvalue weighted by Crippen LogP contribution is 2.68. The molecule has 3 saturated carbocycles. The van der Waals surface area contributed by atoms with Crippen molar-refractivity contribution in [3.8, 4) is 5.75 Å². The summed E-state index contributed by atoms with van der Waals surface area (Å²) in [6, 6.07) is 7.81. The van der Waals surface area contributed by atoms with Crippen LogP contribution in [0.4, 0.5) is 0 Å². The predicted molar refractivity (Wildman–Crippen MR) is 158 cm³/mol. The van der Waals surface area contributed by atoms with Gasteiger partial charge in [0.2, 0.25) is 0 Å². The molecule has 228 valence electrons. The van der Waals surface area contributed by atoms with Crippen LogP contribution in [0, 0.1) is 22.7 Å². The summed E-state index contributed by atoms with van der Waals surface area (Å²) in [7, 11) is -0.567. The lowest BCUT2D eigenvalue weighted by Gasteiger charge is -2.53. The molecule has 2 heterocycles. The Morgan fingerprint density at radius 3 is 2.32 bits per heavy atom. The summed E-state index contributed by atoms with van der Waals surface area (Å²) in [6.45, 7) is 18.5. The van der Waals surface area contributed by atoms with E-state index in [0.29, 0.717) is 26.1 Å². The molecule has 3 aliphatic carbocycles. The van der Waals surface area contributed by atoms with Crippen LogP contribution in [0.2, 0.25) is 18.1 Å². The second kappa shape index (κ2) is 9.35. The van der Waals surface area contributed by atoms with Crippen LogP contribution in [0.1, 0.15) is 72.8 Å². The molecule has 1 aromatic carbocycles. The Kier molecular flexibility index (Phi) is 6.79. The summed E-state index contributed by atoms with van der Waals surface area (Å²) in [5, 5.41) is 12.3. The first-order chi connectivity index (χ1) is 19.0. The first-order valence-electron chi connectivity index (χ1n) is 15.5. The Hall–Kier alpha value is -1.29. The molecule has 1 aromatic rings. The fourth-order valence-corrected chi connectivity index (χ4v) is 9.86. The lowest BCUT2D eigenvalue weighted by Crippen LogP contribution is -2.63. The van der Waals surface area contributed by atoms with Gasteiger partial charge in [0.05, 0.1) is 49.1 Å². The Balaban J connectivity index is 1.43. The molecule has 1 unspecified atom stereocenters. The Morgan fingerprint density at radius 1 is 1.07 bits per heavy atom. The molecule has 2 bridgehead atoms. The molecule has 1 spiro atoms. The summed E-state index contributed by atoms with van der Waals surface area (Å²) >= 11 is 0. The third-order valence-electron chi connectivity index (χ3n) is 12.4. The Morgan fingerprint density at radius 2 is 1.73 bits per heavy atom. The van der Waals surface area contributed by atoms with Crippen LogP contribution in [-0.4, -0.2) is 68.5 Å². The number of ketones is 1. The number of ether oxygens (including phenoxy) is 4. The molecule has 1 N–H and O–H groups in total. The lowest BCUT2D eigenvalue weighted by molar-refractivity contribution is -0.171. The first-order valence-corrected chi connectivity index (χ1v) is 18.4. The molecule has 2 aliphatic heterocycles. The van der Waals surface area contributed by atoms with Crippen LogP contribution < -0.4 is 4.74 Å². The molecule has 0 amide bonds.